The van der Waals surface area contributed by atoms with Gasteiger partial charge in [-0.15, -0.1) is 0 Å². The minimum absolute atomic E-state index is 0.246. The van der Waals surface area contributed by atoms with Crippen molar-refractivity contribution in [3.05, 3.63) is 35.1 Å². The van der Waals surface area contributed by atoms with Crippen LogP contribution >= 0.6 is 0 Å². The van der Waals surface area contributed by atoms with E-state index in [0.29, 0.717) is 12.8 Å². The highest BCUT2D eigenvalue weighted by molar-refractivity contribution is 5.31. The van der Waals surface area contributed by atoms with Crippen molar-refractivity contribution >= 4 is 0 Å². The highest BCUT2D eigenvalue weighted by Gasteiger charge is 2.44. The van der Waals surface area contributed by atoms with E-state index in [1.54, 1.807) is 0 Å². The first-order valence-corrected chi connectivity index (χ1v) is 5.97. The van der Waals surface area contributed by atoms with E-state index in [9.17, 15) is 17.6 Å². The predicted molar refractivity (Wildman–Crippen MR) is 61.9 cm³/mol. The lowest BCUT2D eigenvalue weighted by Gasteiger charge is -2.45. The second-order valence-electron chi connectivity index (χ2n) is 4.84. The van der Waals surface area contributed by atoms with Crippen molar-refractivity contribution < 1.29 is 22.3 Å². The molecule has 0 radical (unpaired) electrons. The van der Waals surface area contributed by atoms with E-state index in [4.69, 9.17) is 10.5 Å². The normalized spacial score (nSPS) is 19.9. The molecule has 1 atom stereocenters. The molecule has 2 nitrogen and oxygen atoms in total. The van der Waals surface area contributed by atoms with Crippen LogP contribution in [-0.4, -0.2) is 12.7 Å². The second-order valence-corrected chi connectivity index (χ2v) is 4.84. The largest absolute Gasteiger partial charge is 0.419 e. The van der Waals surface area contributed by atoms with E-state index in [1.165, 1.54) is 13.2 Å². The minimum Gasteiger partial charge on any atom is -0.376 e. The Balaban J connectivity index is 2.36. The molecule has 1 fully saturated rings. The summed E-state index contributed by atoms with van der Waals surface area (Å²) in [6.07, 6.45) is -2.40. The van der Waals surface area contributed by atoms with Gasteiger partial charge in [0.1, 0.15) is 5.82 Å². The molecule has 6 heteroatoms. The van der Waals surface area contributed by atoms with Crippen LogP contribution in [0.25, 0.3) is 0 Å². The predicted octanol–water partition coefficient (Wildman–Crippen LogP) is 3.41. The van der Waals surface area contributed by atoms with Crippen molar-refractivity contribution in [1.29, 1.82) is 0 Å². The summed E-state index contributed by atoms with van der Waals surface area (Å²) in [5.74, 6) is -1.29. The lowest BCUT2D eigenvalue weighted by atomic mass is 9.72. The Morgan fingerprint density at radius 2 is 1.95 bits per heavy atom. The summed E-state index contributed by atoms with van der Waals surface area (Å²) in [5.41, 5.74) is 4.33. The Kier molecular flexibility index (Phi) is 3.57. The Morgan fingerprint density at radius 3 is 2.37 bits per heavy atom. The Labute approximate surface area is 108 Å². The smallest absolute Gasteiger partial charge is 0.376 e. The molecule has 1 unspecified atom stereocenters. The van der Waals surface area contributed by atoms with Gasteiger partial charge in [-0.2, -0.15) is 13.2 Å². The fraction of sp³-hybridized carbons (Fsp3) is 0.538. The molecule has 0 aromatic heterocycles. The van der Waals surface area contributed by atoms with Crippen molar-refractivity contribution in [3.63, 3.8) is 0 Å². The van der Waals surface area contributed by atoms with Gasteiger partial charge in [0, 0.05) is 7.11 Å². The highest BCUT2D eigenvalue weighted by Crippen LogP contribution is 2.44. The lowest BCUT2D eigenvalue weighted by Crippen LogP contribution is -2.48. The van der Waals surface area contributed by atoms with Gasteiger partial charge in [0.25, 0.3) is 0 Å². The molecule has 0 bridgehead atoms. The average Bonchev–Trinajstić information content (AvgIpc) is 2.27. The molecule has 106 valence electrons. The lowest BCUT2D eigenvalue weighted by molar-refractivity contribution is -0.140. The van der Waals surface area contributed by atoms with E-state index >= 15 is 0 Å². The third-order valence-electron chi connectivity index (χ3n) is 3.83. The fourth-order valence-corrected chi connectivity index (χ4v) is 2.42. The molecule has 2 N–H and O–H groups in total. The molecule has 1 aromatic rings. The van der Waals surface area contributed by atoms with E-state index < -0.39 is 29.2 Å². The van der Waals surface area contributed by atoms with Crippen LogP contribution in [0.4, 0.5) is 17.6 Å². The fourth-order valence-electron chi connectivity index (χ4n) is 2.42. The maximum absolute atomic E-state index is 13.2. The Morgan fingerprint density at radius 1 is 1.32 bits per heavy atom. The summed E-state index contributed by atoms with van der Waals surface area (Å²) >= 11 is 0. The van der Waals surface area contributed by atoms with Gasteiger partial charge in [-0.1, -0.05) is 6.07 Å². The standard InChI is InChI=1S/C13H15F4NO/c1-19-12(5-2-6-12)11(18)8-3-4-10(14)9(7-8)13(15,16)17/h3-4,7,11H,2,5-6,18H2,1H3. The third-order valence-corrected chi connectivity index (χ3v) is 3.83. The number of hydrogen-bond acceptors (Lipinski definition) is 2. The molecule has 0 aliphatic heterocycles. The van der Waals surface area contributed by atoms with Crippen molar-refractivity contribution in [1.82, 2.24) is 0 Å². The molecule has 0 amide bonds. The maximum Gasteiger partial charge on any atom is 0.419 e. The maximum atomic E-state index is 13.2. The molecular weight excluding hydrogens is 262 g/mol. The number of benzene rings is 1. The van der Waals surface area contributed by atoms with Gasteiger partial charge in [-0.05, 0) is 37.0 Å². The summed E-state index contributed by atoms with van der Waals surface area (Å²) in [7, 11) is 1.49. The summed E-state index contributed by atoms with van der Waals surface area (Å²) in [4.78, 5) is 0. The van der Waals surface area contributed by atoms with Crippen molar-refractivity contribution in [2.75, 3.05) is 7.11 Å². The zero-order chi connectivity index (χ0) is 14.3. The molecule has 1 saturated carbocycles. The number of ether oxygens (including phenoxy) is 1. The van der Waals surface area contributed by atoms with Crippen LogP contribution < -0.4 is 5.73 Å². The van der Waals surface area contributed by atoms with Gasteiger partial charge in [0.15, 0.2) is 0 Å². The monoisotopic (exact) mass is 277 g/mol. The van der Waals surface area contributed by atoms with Crippen LogP contribution in [0.2, 0.25) is 0 Å². The minimum atomic E-state index is -4.72. The zero-order valence-electron chi connectivity index (χ0n) is 10.4. The number of hydrogen-bond donors (Lipinski definition) is 1. The first-order valence-electron chi connectivity index (χ1n) is 5.97. The van der Waals surface area contributed by atoms with Gasteiger partial charge in [-0.25, -0.2) is 4.39 Å². The quantitative estimate of drug-likeness (QED) is 0.859. The molecule has 1 aliphatic rings. The van der Waals surface area contributed by atoms with E-state index in [2.05, 4.69) is 0 Å². The van der Waals surface area contributed by atoms with Crippen LogP contribution in [0.15, 0.2) is 18.2 Å². The van der Waals surface area contributed by atoms with Crippen LogP contribution in [0.5, 0.6) is 0 Å². The van der Waals surface area contributed by atoms with Crippen LogP contribution in [0.1, 0.15) is 36.4 Å². The van der Waals surface area contributed by atoms with Gasteiger partial charge >= 0.3 is 6.18 Å². The molecule has 19 heavy (non-hydrogen) atoms. The molecule has 0 spiro atoms. The number of halogens is 4. The van der Waals surface area contributed by atoms with Gasteiger partial charge < -0.3 is 10.5 Å². The van der Waals surface area contributed by atoms with Crippen molar-refractivity contribution in [3.8, 4) is 0 Å². The molecule has 0 saturated heterocycles. The highest BCUT2D eigenvalue weighted by atomic mass is 19.4. The third kappa shape index (κ3) is 2.47. The molecule has 2 rings (SSSR count). The molecule has 1 aliphatic carbocycles. The van der Waals surface area contributed by atoms with E-state index in [1.807, 2.05) is 0 Å². The van der Waals surface area contributed by atoms with Gasteiger partial charge in [0.2, 0.25) is 0 Å². The number of alkyl halides is 3. The van der Waals surface area contributed by atoms with Crippen LogP contribution in [-0.2, 0) is 10.9 Å². The Bertz CT molecular complexity index is 463. The van der Waals surface area contributed by atoms with Crippen LogP contribution in [0, 0.1) is 5.82 Å². The summed E-state index contributed by atoms with van der Waals surface area (Å²) < 4.78 is 56.5. The van der Waals surface area contributed by atoms with E-state index in [-0.39, 0.29) is 5.56 Å². The number of nitrogens with two attached hydrogens (primary N) is 1. The van der Waals surface area contributed by atoms with Crippen molar-refractivity contribution in [2.24, 2.45) is 5.73 Å². The first-order chi connectivity index (χ1) is 8.80. The average molecular weight is 277 g/mol. The van der Waals surface area contributed by atoms with Crippen molar-refractivity contribution in [2.45, 2.75) is 37.1 Å². The molecule has 1 aromatic carbocycles. The Hall–Kier alpha value is -1.14. The first kappa shape index (κ1) is 14.3. The van der Waals surface area contributed by atoms with Gasteiger partial charge in [0.05, 0.1) is 17.2 Å². The van der Waals surface area contributed by atoms with Gasteiger partial charge in [-0.3, -0.25) is 0 Å². The topological polar surface area (TPSA) is 35.2 Å². The number of rotatable bonds is 3. The second kappa shape index (κ2) is 4.76. The number of methoxy groups -OCH3 is 1. The summed E-state index contributed by atoms with van der Waals surface area (Å²) in [5, 5.41) is 0. The molecular formula is C13H15F4NO. The van der Waals surface area contributed by atoms with Crippen LogP contribution in [0.3, 0.4) is 0 Å². The molecule has 0 heterocycles. The summed E-state index contributed by atoms with van der Waals surface area (Å²) in [6.45, 7) is 0. The summed E-state index contributed by atoms with van der Waals surface area (Å²) in [6, 6.07) is 2.18. The zero-order valence-corrected chi connectivity index (χ0v) is 10.4. The van der Waals surface area contributed by atoms with E-state index in [0.717, 1.165) is 18.6 Å². The SMILES string of the molecule is COC1(C(N)c2ccc(F)c(C(F)(F)F)c2)CCC1.